The number of rotatable bonds is 4. The van der Waals surface area contributed by atoms with Gasteiger partial charge in [-0.3, -0.25) is 0 Å². The summed E-state index contributed by atoms with van der Waals surface area (Å²) in [6, 6.07) is 1.69. The highest BCUT2D eigenvalue weighted by Crippen LogP contribution is 1.97. The van der Waals surface area contributed by atoms with Crippen molar-refractivity contribution in [2.45, 2.75) is 12.5 Å². The van der Waals surface area contributed by atoms with Crippen LogP contribution < -0.4 is 5.32 Å². The van der Waals surface area contributed by atoms with Crippen LogP contribution in [0.15, 0.2) is 0 Å². The number of halogens is 2. The smallest absolute Gasteiger partial charge is 0.265 e. The molecule has 0 heterocycles. The lowest BCUT2D eigenvalue weighted by molar-refractivity contribution is -0.00269. The van der Waals surface area contributed by atoms with E-state index in [1.54, 1.807) is 6.07 Å². The molecule has 0 aliphatic carbocycles. The summed E-state index contributed by atoms with van der Waals surface area (Å²) in [4.78, 5) is 0. The van der Waals surface area contributed by atoms with Crippen molar-refractivity contribution in [2.24, 2.45) is 0 Å². The number of nitrogens with one attached hydrogen (secondary N) is 1. The van der Waals surface area contributed by atoms with Crippen LogP contribution in [0.5, 0.6) is 0 Å². The van der Waals surface area contributed by atoms with E-state index in [4.69, 9.17) is 10.4 Å². The molecule has 0 aliphatic rings. The number of hydrogen-bond donors (Lipinski definition) is 2. The van der Waals surface area contributed by atoms with E-state index in [9.17, 15) is 8.78 Å². The zero-order valence-electron chi connectivity index (χ0n) is 5.22. The fourth-order valence-electron chi connectivity index (χ4n) is 0.365. The summed E-state index contributed by atoms with van der Waals surface area (Å²) in [6.45, 7) is -0.269. The number of nitrogens with zero attached hydrogens (tertiary/aromatic N) is 1. The molecule has 0 aromatic rings. The Hall–Kier alpha value is -0.730. The van der Waals surface area contributed by atoms with Gasteiger partial charge < -0.3 is 10.4 Å². The Bertz CT molecular complexity index is 123. The average Bonchev–Trinajstić information content (AvgIpc) is 1.88. The largest absolute Gasteiger partial charge is 0.386 e. The summed E-state index contributed by atoms with van der Waals surface area (Å²) in [6.07, 6.45) is -4.42. The maximum absolute atomic E-state index is 11.5. The summed E-state index contributed by atoms with van der Waals surface area (Å²) >= 11 is 0. The Balaban J connectivity index is 3.23. The number of hydrogen-bond acceptors (Lipinski definition) is 3. The predicted molar refractivity (Wildman–Crippen MR) is 30.5 cm³/mol. The van der Waals surface area contributed by atoms with Crippen LogP contribution in [0.2, 0.25) is 0 Å². The molecule has 0 fully saturated rings. The third-order valence-corrected chi connectivity index (χ3v) is 0.848. The van der Waals surface area contributed by atoms with Crippen molar-refractivity contribution in [2.75, 3.05) is 13.1 Å². The predicted octanol–water partition coefficient (Wildman–Crippen LogP) is -0.274. The van der Waals surface area contributed by atoms with Gasteiger partial charge in [-0.2, -0.15) is 5.26 Å². The number of aliphatic hydroxyl groups excluding tert-OH is 1. The van der Waals surface area contributed by atoms with E-state index in [2.05, 4.69) is 5.32 Å². The zero-order valence-corrected chi connectivity index (χ0v) is 5.22. The first kappa shape index (κ1) is 9.27. The molecule has 2 N–H and O–H groups in total. The molecule has 0 aromatic heterocycles. The van der Waals surface area contributed by atoms with Crippen molar-refractivity contribution >= 4 is 0 Å². The highest BCUT2D eigenvalue weighted by molar-refractivity contribution is 4.74. The van der Waals surface area contributed by atoms with E-state index >= 15 is 0 Å². The summed E-state index contributed by atoms with van der Waals surface area (Å²) in [5.74, 6) is 0. The third-order valence-electron chi connectivity index (χ3n) is 0.848. The summed E-state index contributed by atoms with van der Waals surface area (Å²) in [5, 5.41) is 18.7. The molecule has 3 nitrogen and oxygen atoms in total. The van der Waals surface area contributed by atoms with E-state index < -0.39 is 12.5 Å². The van der Waals surface area contributed by atoms with Gasteiger partial charge in [-0.05, 0) is 0 Å². The minimum Gasteiger partial charge on any atom is -0.386 e. The van der Waals surface area contributed by atoms with E-state index in [1.165, 1.54) is 0 Å². The SMILES string of the molecule is N#CCNCC(O)C(F)F. The van der Waals surface area contributed by atoms with Crippen molar-refractivity contribution in [1.29, 1.82) is 5.26 Å². The van der Waals surface area contributed by atoms with Crippen LogP contribution in [0.4, 0.5) is 8.78 Å². The maximum Gasteiger partial charge on any atom is 0.265 e. The molecule has 0 aromatic carbocycles. The standard InChI is InChI=1S/C5H8F2N2O/c6-5(7)4(10)3-9-2-1-8/h4-5,9-10H,2-3H2. The average molecular weight is 150 g/mol. The molecule has 58 valence electrons. The fraction of sp³-hybridized carbons (Fsp3) is 0.800. The lowest BCUT2D eigenvalue weighted by Gasteiger charge is -2.07. The van der Waals surface area contributed by atoms with Gasteiger partial charge >= 0.3 is 0 Å². The van der Waals surface area contributed by atoms with Crippen molar-refractivity contribution in [3.8, 4) is 6.07 Å². The van der Waals surface area contributed by atoms with Crippen LogP contribution >= 0.6 is 0 Å². The lowest BCUT2D eigenvalue weighted by Crippen LogP contribution is -2.32. The zero-order chi connectivity index (χ0) is 7.98. The Labute approximate surface area is 57.3 Å². The van der Waals surface area contributed by atoms with E-state index in [0.717, 1.165) is 0 Å². The van der Waals surface area contributed by atoms with Gasteiger partial charge in [-0.15, -0.1) is 0 Å². The molecule has 0 amide bonds. The maximum atomic E-state index is 11.5. The van der Waals surface area contributed by atoms with Crippen molar-refractivity contribution in [1.82, 2.24) is 5.32 Å². The summed E-state index contributed by atoms with van der Waals surface area (Å²) in [7, 11) is 0. The highest BCUT2D eigenvalue weighted by atomic mass is 19.3. The summed E-state index contributed by atoms with van der Waals surface area (Å²) < 4.78 is 23.0. The van der Waals surface area contributed by atoms with Crippen LogP contribution in [-0.4, -0.2) is 30.7 Å². The van der Waals surface area contributed by atoms with Crippen molar-refractivity contribution in [3.05, 3.63) is 0 Å². The molecule has 0 rings (SSSR count). The molecular weight excluding hydrogens is 142 g/mol. The normalized spacial score (nSPS) is 13.1. The van der Waals surface area contributed by atoms with Gasteiger partial charge in [0.15, 0.2) is 0 Å². The second kappa shape index (κ2) is 5.09. The Morgan fingerprint density at radius 1 is 1.60 bits per heavy atom. The molecule has 0 bridgehead atoms. The lowest BCUT2D eigenvalue weighted by atomic mass is 10.4. The van der Waals surface area contributed by atoms with Crippen LogP contribution in [0.1, 0.15) is 0 Å². The van der Waals surface area contributed by atoms with Crippen LogP contribution in [-0.2, 0) is 0 Å². The van der Waals surface area contributed by atoms with Gasteiger partial charge in [-0.25, -0.2) is 8.78 Å². The monoisotopic (exact) mass is 150 g/mol. The number of alkyl halides is 2. The van der Waals surface area contributed by atoms with Gasteiger partial charge in [-0.1, -0.05) is 0 Å². The van der Waals surface area contributed by atoms with Gasteiger partial charge in [0.25, 0.3) is 6.43 Å². The quantitative estimate of drug-likeness (QED) is 0.428. The minimum atomic E-state index is -2.74. The minimum absolute atomic E-state index is 0.0240. The van der Waals surface area contributed by atoms with Gasteiger partial charge in [0.2, 0.25) is 0 Å². The number of nitriles is 1. The van der Waals surface area contributed by atoms with Crippen LogP contribution in [0, 0.1) is 11.3 Å². The molecular formula is C5H8F2N2O. The topological polar surface area (TPSA) is 56.0 Å². The van der Waals surface area contributed by atoms with Gasteiger partial charge in [0.05, 0.1) is 12.6 Å². The van der Waals surface area contributed by atoms with Gasteiger partial charge in [0, 0.05) is 6.54 Å². The molecule has 0 spiro atoms. The van der Waals surface area contributed by atoms with Crippen LogP contribution in [0.3, 0.4) is 0 Å². The van der Waals surface area contributed by atoms with Gasteiger partial charge in [0.1, 0.15) is 6.10 Å². The molecule has 1 atom stereocenters. The van der Waals surface area contributed by atoms with E-state index in [0.29, 0.717) is 0 Å². The Morgan fingerprint density at radius 3 is 2.60 bits per heavy atom. The highest BCUT2D eigenvalue weighted by Gasteiger charge is 2.15. The van der Waals surface area contributed by atoms with Crippen LogP contribution in [0.25, 0.3) is 0 Å². The van der Waals surface area contributed by atoms with Crippen molar-refractivity contribution < 1.29 is 13.9 Å². The Kier molecular flexibility index (Phi) is 4.72. The number of aliphatic hydroxyl groups is 1. The fourth-order valence-corrected chi connectivity index (χ4v) is 0.365. The first-order valence-electron chi connectivity index (χ1n) is 2.72. The first-order valence-corrected chi connectivity index (χ1v) is 2.72. The molecule has 0 radical (unpaired) electrons. The van der Waals surface area contributed by atoms with Crippen molar-refractivity contribution in [3.63, 3.8) is 0 Å². The van der Waals surface area contributed by atoms with E-state index in [-0.39, 0.29) is 13.1 Å². The Morgan fingerprint density at radius 2 is 2.20 bits per heavy atom. The second-order valence-corrected chi connectivity index (χ2v) is 1.69. The third kappa shape index (κ3) is 4.18. The molecule has 10 heavy (non-hydrogen) atoms. The molecule has 0 saturated carbocycles. The molecule has 1 unspecified atom stereocenters. The molecule has 0 aliphatic heterocycles. The summed E-state index contributed by atoms with van der Waals surface area (Å²) in [5.41, 5.74) is 0. The van der Waals surface area contributed by atoms with E-state index in [1.807, 2.05) is 0 Å². The molecule has 0 saturated heterocycles. The second-order valence-electron chi connectivity index (χ2n) is 1.69. The first-order chi connectivity index (χ1) is 4.68. The molecule has 5 heteroatoms.